The minimum atomic E-state index is 0.174. The van der Waals surface area contributed by atoms with Crippen LogP contribution >= 0.6 is 0 Å². The van der Waals surface area contributed by atoms with Crippen LogP contribution in [0.25, 0.3) is 10.9 Å². The molecule has 0 aromatic carbocycles. The van der Waals surface area contributed by atoms with Crippen molar-refractivity contribution in [1.29, 1.82) is 0 Å². The van der Waals surface area contributed by atoms with Gasteiger partial charge in [0.25, 0.3) is 0 Å². The molecular weight excluding hydrogens is 154 g/mol. The number of aromatic nitrogens is 3. The zero-order valence-electron chi connectivity index (χ0n) is 6.23. The highest BCUT2D eigenvalue weighted by molar-refractivity contribution is 5.87. The molecule has 0 bridgehead atoms. The van der Waals surface area contributed by atoms with Crippen molar-refractivity contribution in [3.8, 4) is 0 Å². The van der Waals surface area contributed by atoms with Crippen molar-refractivity contribution in [1.82, 2.24) is 15.0 Å². The van der Waals surface area contributed by atoms with Crippen LogP contribution in [0, 0.1) is 0 Å². The monoisotopic (exact) mass is 161 g/mol. The summed E-state index contributed by atoms with van der Waals surface area (Å²) in [5.74, 6) is 0.563. The Morgan fingerprint density at radius 3 is 2.83 bits per heavy atom. The SMILES string of the molecule is Nc1nc(N)c2ccncc2n1. The standard InChI is InChI=1S/C7H7N5/c8-6-4-1-2-10-3-5(4)11-7(9)12-6/h1-3H,(H4,8,9,11,12). The van der Waals surface area contributed by atoms with Crippen LogP contribution < -0.4 is 11.5 Å². The van der Waals surface area contributed by atoms with Crippen molar-refractivity contribution in [2.75, 3.05) is 11.5 Å². The Labute approximate surface area is 68.5 Å². The Bertz CT molecular complexity index is 425. The molecular formula is C7H7N5. The van der Waals surface area contributed by atoms with Crippen molar-refractivity contribution in [3.05, 3.63) is 18.5 Å². The molecule has 4 N–H and O–H groups in total. The maximum absolute atomic E-state index is 5.60. The summed E-state index contributed by atoms with van der Waals surface area (Å²) in [7, 11) is 0. The van der Waals surface area contributed by atoms with E-state index in [2.05, 4.69) is 15.0 Å². The van der Waals surface area contributed by atoms with Crippen molar-refractivity contribution in [2.45, 2.75) is 0 Å². The highest BCUT2D eigenvalue weighted by Crippen LogP contribution is 2.15. The molecule has 12 heavy (non-hydrogen) atoms. The molecule has 5 nitrogen and oxygen atoms in total. The molecule has 5 heteroatoms. The van der Waals surface area contributed by atoms with Crippen molar-refractivity contribution in [2.24, 2.45) is 0 Å². The van der Waals surface area contributed by atoms with E-state index >= 15 is 0 Å². The van der Waals surface area contributed by atoms with Gasteiger partial charge in [-0.15, -0.1) is 0 Å². The zero-order valence-corrected chi connectivity index (χ0v) is 6.23. The maximum atomic E-state index is 5.60. The molecule has 0 fully saturated rings. The van der Waals surface area contributed by atoms with E-state index in [0.717, 1.165) is 5.39 Å². The van der Waals surface area contributed by atoms with Gasteiger partial charge in [0.15, 0.2) is 0 Å². The minimum absolute atomic E-state index is 0.174. The highest BCUT2D eigenvalue weighted by Gasteiger charge is 2.00. The second-order valence-electron chi connectivity index (χ2n) is 2.36. The van der Waals surface area contributed by atoms with Gasteiger partial charge in [0.2, 0.25) is 5.95 Å². The first-order valence-corrected chi connectivity index (χ1v) is 3.40. The predicted octanol–water partition coefficient (Wildman–Crippen LogP) is 0.189. The normalized spacial score (nSPS) is 10.3. The molecule has 2 rings (SSSR count). The average molecular weight is 161 g/mol. The molecule has 0 spiro atoms. The number of nitrogens with zero attached hydrogens (tertiary/aromatic N) is 3. The van der Waals surface area contributed by atoms with Gasteiger partial charge in [-0.2, -0.15) is 4.98 Å². The van der Waals surface area contributed by atoms with Crippen molar-refractivity contribution in [3.63, 3.8) is 0 Å². The van der Waals surface area contributed by atoms with Crippen LogP contribution in [0.2, 0.25) is 0 Å². The summed E-state index contributed by atoms with van der Waals surface area (Å²) in [6.45, 7) is 0. The maximum Gasteiger partial charge on any atom is 0.222 e. The van der Waals surface area contributed by atoms with Crippen LogP contribution in [0.1, 0.15) is 0 Å². The van der Waals surface area contributed by atoms with Gasteiger partial charge < -0.3 is 11.5 Å². The molecule has 2 aromatic heterocycles. The van der Waals surface area contributed by atoms with Crippen LogP contribution in [0.4, 0.5) is 11.8 Å². The molecule has 0 aliphatic heterocycles. The molecule has 0 saturated heterocycles. The van der Waals surface area contributed by atoms with Crippen LogP contribution in [-0.4, -0.2) is 15.0 Å². The fraction of sp³-hybridized carbons (Fsp3) is 0. The van der Waals surface area contributed by atoms with E-state index in [-0.39, 0.29) is 5.95 Å². The van der Waals surface area contributed by atoms with Gasteiger partial charge in [0.1, 0.15) is 5.82 Å². The number of nitrogens with two attached hydrogens (primary N) is 2. The lowest BCUT2D eigenvalue weighted by molar-refractivity contribution is 1.22. The van der Waals surface area contributed by atoms with Gasteiger partial charge in [0.05, 0.1) is 11.7 Å². The Morgan fingerprint density at radius 1 is 1.17 bits per heavy atom. The number of anilines is 2. The summed E-state index contributed by atoms with van der Waals surface area (Å²) in [5.41, 5.74) is 11.7. The minimum Gasteiger partial charge on any atom is -0.383 e. The van der Waals surface area contributed by atoms with Gasteiger partial charge >= 0.3 is 0 Å². The number of hydrogen-bond acceptors (Lipinski definition) is 5. The summed E-state index contributed by atoms with van der Waals surface area (Å²) in [5, 5.41) is 0.777. The van der Waals surface area contributed by atoms with E-state index in [4.69, 9.17) is 11.5 Å². The largest absolute Gasteiger partial charge is 0.383 e. The van der Waals surface area contributed by atoms with Gasteiger partial charge in [0, 0.05) is 11.6 Å². The van der Waals surface area contributed by atoms with Crippen LogP contribution in [0.5, 0.6) is 0 Å². The predicted molar refractivity (Wildman–Crippen MR) is 46.2 cm³/mol. The number of rotatable bonds is 0. The lowest BCUT2D eigenvalue weighted by Gasteiger charge is -1.99. The molecule has 0 amide bonds. The smallest absolute Gasteiger partial charge is 0.222 e. The first kappa shape index (κ1) is 6.78. The molecule has 0 unspecified atom stereocenters. The van der Waals surface area contributed by atoms with Crippen molar-refractivity contribution >= 4 is 22.7 Å². The number of fused-ring (bicyclic) bond motifs is 1. The topological polar surface area (TPSA) is 90.7 Å². The molecule has 0 aliphatic rings. The third-order valence-electron chi connectivity index (χ3n) is 1.55. The summed E-state index contributed by atoms with van der Waals surface area (Å²) < 4.78 is 0. The highest BCUT2D eigenvalue weighted by atomic mass is 15.0. The third kappa shape index (κ3) is 0.914. The second-order valence-corrected chi connectivity index (χ2v) is 2.36. The van der Waals surface area contributed by atoms with Gasteiger partial charge in [-0.25, -0.2) is 4.98 Å². The second kappa shape index (κ2) is 2.30. The van der Waals surface area contributed by atoms with E-state index in [9.17, 15) is 0 Å². The van der Waals surface area contributed by atoms with Crippen molar-refractivity contribution < 1.29 is 0 Å². The molecule has 0 aliphatic carbocycles. The van der Waals surface area contributed by atoms with Crippen LogP contribution in [-0.2, 0) is 0 Å². The molecule has 0 atom stereocenters. The number of pyridine rings is 1. The van der Waals surface area contributed by atoms with Gasteiger partial charge in [-0.05, 0) is 6.07 Å². The lowest BCUT2D eigenvalue weighted by atomic mass is 10.3. The zero-order chi connectivity index (χ0) is 8.55. The third-order valence-corrected chi connectivity index (χ3v) is 1.55. The Morgan fingerprint density at radius 2 is 2.00 bits per heavy atom. The van der Waals surface area contributed by atoms with Gasteiger partial charge in [-0.1, -0.05) is 0 Å². The quantitative estimate of drug-likeness (QED) is 0.575. The van der Waals surface area contributed by atoms with E-state index in [1.165, 1.54) is 0 Å². The van der Waals surface area contributed by atoms with Crippen LogP contribution in [0.15, 0.2) is 18.5 Å². The lowest BCUT2D eigenvalue weighted by Crippen LogP contribution is -2.00. The number of hydrogen-bond donors (Lipinski definition) is 2. The summed E-state index contributed by atoms with van der Waals surface area (Å²) in [6, 6.07) is 1.75. The Balaban J connectivity index is 2.89. The van der Waals surface area contributed by atoms with E-state index in [1.807, 2.05) is 0 Å². The molecule has 60 valence electrons. The summed E-state index contributed by atoms with van der Waals surface area (Å²) in [6.07, 6.45) is 3.24. The van der Waals surface area contributed by atoms with Crippen LogP contribution in [0.3, 0.4) is 0 Å². The summed E-state index contributed by atoms with van der Waals surface area (Å²) in [4.78, 5) is 11.7. The first-order valence-electron chi connectivity index (χ1n) is 3.40. The average Bonchev–Trinajstić information content (AvgIpc) is 2.04. The molecule has 2 aromatic rings. The molecule has 0 saturated carbocycles. The first-order chi connectivity index (χ1) is 5.77. The van der Waals surface area contributed by atoms with E-state index in [1.54, 1.807) is 18.5 Å². The molecule has 2 heterocycles. The summed E-state index contributed by atoms with van der Waals surface area (Å²) >= 11 is 0. The van der Waals surface area contributed by atoms with Gasteiger partial charge in [-0.3, -0.25) is 4.98 Å². The van der Waals surface area contributed by atoms with E-state index < -0.39 is 0 Å². The fourth-order valence-electron chi connectivity index (χ4n) is 1.02. The Hall–Kier alpha value is -1.91. The molecule has 0 radical (unpaired) electrons. The fourth-order valence-corrected chi connectivity index (χ4v) is 1.02. The van der Waals surface area contributed by atoms with E-state index in [0.29, 0.717) is 11.3 Å². The Kier molecular flexibility index (Phi) is 1.30. The number of nitrogen functional groups attached to an aromatic ring is 2.